The first-order valence-electron chi connectivity index (χ1n) is 4.60. The minimum Gasteiger partial charge on any atom is -0.267 e. The zero-order valence-corrected chi connectivity index (χ0v) is 9.53. The predicted octanol–water partition coefficient (Wildman–Crippen LogP) is 0.474. The number of hydrazine groups is 1. The van der Waals surface area contributed by atoms with Crippen molar-refractivity contribution in [3.8, 4) is 0 Å². The molecule has 0 aliphatic carbocycles. The molecule has 80 valence electrons. The minimum absolute atomic E-state index is 0.176. The van der Waals surface area contributed by atoms with Crippen LogP contribution in [0.25, 0.3) is 0 Å². The number of amides is 1. The topological polar surface area (TPSA) is 49.4 Å². The van der Waals surface area contributed by atoms with E-state index in [1.165, 1.54) is 5.01 Å². The van der Waals surface area contributed by atoms with Gasteiger partial charge in [-0.2, -0.15) is 0 Å². The van der Waals surface area contributed by atoms with Crippen molar-refractivity contribution in [2.45, 2.75) is 31.7 Å². The third-order valence-corrected chi connectivity index (χ3v) is 3.15. The van der Waals surface area contributed by atoms with E-state index in [0.717, 1.165) is 25.8 Å². The first kappa shape index (κ1) is 11.7. The average molecular weight is 237 g/mol. The molecule has 1 heterocycles. The van der Waals surface area contributed by atoms with Crippen molar-refractivity contribution in [3.63, 3.8) is 0 Å². The summed E-state index contributed by atoms with van der Waals surface area (Å²) < 4.78 is 10.4. The Morgan fingerprint density at radius 2 is 2.29 bits per heavy atom. The lowest BCUT2D eigenvalue weighted by molar-refractivity contribution is -0.131. The van der Waals surface area contributed by atoms with Crippen molar-refractivity contribution in [1.82, 2.24) is 10.4 Å². The Morgan fingerprint density at radius 3 is 2.79 bits per heavy atom. The van der Waals surface area contributed by atoms with Crippen LogP contribution in [-0.2, 0) is 16.1 Å². The van der Waals surface area contributed by atoms with Crippen molar-refractivity contribution in [2.24, 2.45) is 0 Å². The van der Waals surface area contributed by atoms with Crippen LogP contribution in [0.15, 0.2) is 0 Å². The number of β-lactam (4-membered cyclic amide) rings is 1. The van der Waals surface area contributed by atoms with E-state index in [4.69, 9.17) is 11.6 Å². The van der Waals surface area contributed by atoms with Gasteiger partial charge < -0.3 is 0 Å². The average Bonchev–Trinajstić information content (AvgIpc) is 2.18. The van der Waals surface area contributed by atoms with Crippen LogP contribution >= 0.6 is 11.6 Å². The highest BCUT2D eigenvalue weighted by molar-refractivity contribution is 7.69. The first-order chi connectivity index (χ1) is 6.72. The maximum absolute atomic E-state index is 11.2. The van der Waals surface area contributed by atoms with E-state index >= 15 is 0 Å². The number of carbonyl (C=O) groups is 1. The third-order valence-electron chi connectivity index (χ3n) is 2.02. The number of hydrogen-bond acceptors (Lipinski definition) is 3. The summed E-state index contributed by atoms with van der Waals surface area (Å²) >= 11 is 5.95. The normalized spacial score (nSPS) is 21.0. The van der Waals surface area contributed by atoms with Gasteiger partial charge in [0.1, 0.15) is 11.3 Å². The van der Waals surface area contributed by atoms with Crippen LogP contribution in [0.5, 0.6) is 0 Å². The second-order valence-corrected chi connectivity index (χ2v) is 4.09. The van der Waals surface area contributed by atoms with Crippen LogP contribution in [0, 0.1) is 0 Å². The molecule has 6 heteroatoms. The Morgan fingerprint density at radius 1 is 1.57 bits per heavy atom. The van der Waals surface area contributed by atoms with Gasteiger partial charge in [-0.05, 0) is 6.42 Å². The van der Waals surface area contributed by atoms with Crippen LogP contribution in [0.4, 0.5) is 0 Å². The highest BCUT2D eigenvalue weighted by Gasteiger charge is 2.42. The standard InChI is InChI=1S/C8H13ClN2O2S/c1-2-3-4-5-10-11-7(9)6(14-13)8(11)12/h7,10H,2-5H2,1H3. The predicted molar refractivity (Wildman–Crippen MR) is 57.2 cm³/mol. The van der Waals surface area contributed by atoms with Crippen molar-refractivity contribution in [1.29, 1.82) is 0 Å². The van der Waals surface area contributed by atoms with E-state index in [1.54, 1.807) is 0 Å². The summed E-state index contributed by atoms with van der Waals surface area (Å²) in [4.78, 5) is 11.4. The summed E-state index contributed by atoms with van der Waals surface area (Å²) in [6, 6.07) is 0. The summed E-state index contributed by atoms with van der Waals surface area (Å²) in [5.74, 6) is -0.290. The van der Waals surface area contributed by atoms with Crippen molar-refractivity contribution in [3.05, 3.63) is 0 Å². The van der Waals surface area contributed by atoms with Crippen LogP contribution < -0.4 is 5.43 Å². The molecule has 1 rings (SSSR count). The van der Waals surface area contributed by atoms with E-state index in [0.29, 0.717) is 0 Å². The number of unbranched alkanes of at least 4 members (excludes halogenated alkanes) is 2. The SMILES string of the molecule is CCCCCNN1C(=O)C(=S=O)C1Cl. The van der Waals surface area contributed by atoms with Gasteiger partial charge in [0.15, 0.2) is 10.4 Å². The number of rotatable bonds is 5. The summed E-state index contributed by atoms with van der Waals surface area (Å²) in [7, 11) is 0. The van der Waals surface area contributed by atoms with E-state index in [1.807, 2.05) is 0 Å². The molecule has 1 aliphatic rings. The third kappa shape index (κ3) is 2.34. The summed E-state index contributed by atoms with van der Waals surface area (Å²) in [5, 5.41) is 1.30. The maximum Gasteiger partial charge on any atom is 0.282 e. The van der Waals surface area contributed by atoms with E-state index in [2.05, 4.69) is 12.3 Å². The molecule has 4 nitrogen and oxygen atoms in total. The Balaban J connectivity index is 2.28. The lowest BCUT2D eigenvalue weighted by atomic mass is 10.2. The Labute approximate surface area is 91.6 Å². The van der Waals surface area contributed by atoms with Gasteiger partial charge in [0.2, 0.25) is 0 Å². The second-order valence-electron chi connectivity index (χ2n) is 3.07. The Kier molecular flexibility index (Phi) is 4.57. The van der Waals surface area contributed by atoms with Gasteiger partial charge in [0.05, 0.1) is 0 Å². The molecule has 0 aromatic carbocycles. The number of hydrogen-bond donors (Lipinski definition) is 1. The molecule has 1 amide bonds. The molecule has 0 aromatic heterocycles. The molecule has 1 fully saturated rings. The quantitative estimate of drug-likeness (QED) is 0.248. The van der Waals surface area contributed by atoms with Gasteiger partial charge in [-0.3, -0.25) is 4.79 Å². The van der Waals surface area contributed by atoms with Gasteiger partial charge in [-0.25, -0.2) is 14.6 Å². The fourth-order valence-corrected chi connectivity index (χ4v) is 1.89. The smallest absolute Gasteiger partial charge is 0.267 e. The Bertz CT molecular complexity index is 279. The number of halogens is 1. The van der Waals surface area contributed by atoms with E-state index < -0.39 is 5.50 Å². The molecule has 1 aliphatic heterocycles. The van der Waals surface area contributed by atoms with Crippen LogP contribution in [0.1, 0.15) is 26.2 Å². The Hall–Kier alpha value is -0.390. The fraction of sp³-hybridized carbons (Fsp3) is 0.750. The molecule has 1 saturated heterocycles. The largest absolute Gasteiger partial charge is 0.282 e. The van der Waals surface area contributed by atoms with Crippen LogP contribution in [-0.4, -0.2) is 32.0 Å². The van der Waals surface area contributed by atoms with Crippen molar-refractivity contribution < 1.29 is 9.00 Å². The van der Waals surface area contributed by atoms with Gasteiger partial charge in [0, 0.05) is 6.54 Å². The summed E-state index contributed by atoms with van der Waals surface area (Å²) in [6.07, 6.45) is 3.26. The van der Waals surface area contributed by atoms with Crippen LogP contribution in [0.2, 0.25) is 0 Å². The molecule has 0 spiro atoms. The molecule has 14 heavy (non-hydrogen) atoms. The minimum atomic E-state index is -0.577. The molecular weight excluding hydrogens is 224 g/mol. The second kappa shape index (κ2) is 5.48. The molecule has 0 bridgehead atoms. The molecule has 1 N–H and O–H groups in total. The number of carbonyl (C=O) groups excluding carboxylic acids is 1. The van der Waals surface area contributed by atoms with E-state index in [-0.39, 0.29) is 22.0 Å². The number of nitrogens with zero attached hydrogens (tertiary/aromatic N) is 1. The molecule has 1 atom stereocenters. The first-order valence-corrected chi connectivity index (χ1v) is 5.78. The van der Waals surface area contributed by atoms with E-state index in [9.17, 15) is 9.00 Å². The maximum atomic E-state index is 11.2. The zero-order chi connectivity index (χ0) is 10.6. The number of nitrogens with one attached hydrogen (secondary N) is 1. The van der Waals surface area contributed by atoms with Gasteiger partial charge in [0.25, 0.3) is 5.91 Å². The van der Waals surface area contributed by atoms with Gasteiger partial charge in [-0.1, -0.05) is 31.4 Å². The zero-order valence-electron chi connectivity index (χ0n) is 7.96. The molecular formula is C8H13ClN2O2S. The lowest BCUT2D eigenvalue weighted by Gasteiger charge is -2.36. The fourth-order valence-electron chi connectivity index (χ4n) is 1.18. The highest BCUT2D eigenvalue weighted by Crippen LogP contribution is 2.16. The summed E-state index contributed by atoms with van der Waals surface area (Å²) in [6.45, 7) is 2.83. The molecule has 1 unspecified atom stereocenters. The van der Waals surface area contributed by atoms with Gasteiger partial charge >= 0.3 is 0 Å². The molecule has 0 radical (unpaired) electrons. The van der Waals surface area contributed by atoms with Gasteiger partial charge in [-0.15, -0.1) is 0 Å². The summed E-state index contributed by atoms with van der Waals surface area (Å²) in [5.41, 5.74) is 2.32. The van der Waals surface area contributed by atoms with Crippen molar-refractivity contribution in [2.75, 3.05) is 6.54 Å². The van der Waals surface area contributed by atoms with Crippen molar-refractivity contribution >= 4 is 33.6 Å². The molecule has 0 saturated carbocycles. The van der Waals surface area contributed by atoms with Crippen LogP contribution in [0.3, 0.4) is 0 Å². The lowest BCUT2D eigenvalue weighted by Crippen LogP contribution is -2.64. The monoisotopic (exact) mass is 236 g/mol. The number of alkyl halides is 1. The molecule has 0 aromatic rings. The highest BCUT2D eigenvalue weighted by atomic mass is 35.5.